The fourth-order valence-electron chi connectivity index (χ4n) is 3.54. The molecule has 0 unspecified atom stereocenters. The molecule has 0 saturated carbocycles. The highest BCUT2D eigenvalue weighted by molar-refractivity contribution is 6.40. The maximum Gasteiger partial charge on any atom is 0.335 e. The number of benzene rings is 3. The number of nitrogens with zero attached hydrogens (tertiary/aromatic N) is 1. The number of carbonyl (C=O) groups excluding carboxylic acids is 4. The van der Waals surface area contributed by atoms with Gasteiger partial charge in [0, 0.05) is 26.3 Å². The van der Waals surface area contributed by atoms with Gasteiger partial charge in [0.2, 0.25) is 0 Å². The van der Waals surface area contributed by atoms with Gasteiger partial charge in [-0.3, -0.25) is 19.7 Å². The van der Waals surface area contributed by atoms with E-state index in [9.17, 15) is 19.2 Å². The molecule has 0 aromatic heterocycles. The molecule has 194 valence electrons. The van der Waals surface area contributed by atoms with Crippen LogP contribution in [-0.2, 0) is 14.4 Å². The largest absolute Gasteiger partial charge is 0.483 e. The smallest absolute Gasteiger partial charge is 0.335 e. The third kappa shape index (κ3) is 5.99. The highest BCUT2D eigenvalue weighted by Crippen LogP contribution is 2.29. The average molecular weight is 573 g/mol. The number of rotatable bonds is 6. The summed E-state index contributed by atoms with van der Waals surface area (Å²) in [6.45, 7) is 3.24. The van der Waals surface area contributed by atoms with Crippen LogP contribution >= 0.6 is 34.8 Å². The monoisotopic (exact) mass is 571 g/mol. The Hall–Kier alpha value is -3.85. The molecule has 3 aromatic rings. The molecule has 1 heterocycles. The van der Waals surface area contributed by atoms with Crippen LogP contribution in [0, 0.1) is 13.8 Å². The van der Waals surface area contributed by atoms with E-state index in [4.69, 9.17) is 39.5 Å². The summed E-state index contributed by atoms with van der Waals surface area (Å²) in [5.41, 5.74) is 2.22. The summed E-state index contributed by atoms with van der Waals surface area (Å²) >= 11 is 18.4. The van der Waals surface area contributed by atoms with Crippen molar-refractivity contribution in [2.75, 3.05) is 16.8 Å². The lowest BCUT2D eigenvalue weighted by molar-refractivity contribution is -0.122. The summed E-state index contributed by atoms with van der Waals surface area (Å²) in [6.07, 6.45) is 1.24. The van der Waals surface area contributed by atoms with E-state index in [2.05, 4.69) is 10.6 Å². The zero-order chi connectivity index (χ0) is 27.6. The summed E-state index contributed by atoms with van der Waals surface area (Å²) in [5, 5.41) is 5.98. The lowest BCUT2D eigenvalue weighted by atomic mass is 10.1. The van der Waals surface area contributed by atoms with Crippen LogP contribution in [0.5, 0.6) is 5.75 Å². The van der Waals surface area contributed by atoms with Gasteiger partial charge in [0.05, 0.1) is 5.69 Å². The molecule has 0 atom stereocenters. The van der Waals surface area contributed by atoms with Crippen molar-refractivity contribution in [3.8, 4) is 5.75 Å². The number of amides is 5. The Bertz CT molecular complexity index is 1520. The van der Waals surface area contributed by atoms with Crippen molar-refractivity contribution < 1.29 is 23.9 Å². The second-order valence-corrected chi connectivity index (χ2v) is 9.63. The number of halogens is 3. The van der Waals surface area contributed by atoms with E-state index in [1.807, 2.05) is 6.92 Å². The number of urea groups is 1. The number of anilines is 2. The number of aryl methyl sites for hydroxylation is 2. The van der Waals surface area contributed by atoms with Gasteiger partial charge in [0.1, 0.15) is 11.3 Å². The van der Waals surface area contributed by atoms with Crippen molar-refractivity contribution in [1.29, 1.82) is 0 Å². The maximum absolute atomic E-state index is 13.2. The second kappa shape index (κ2) is 11.3. The lowest BCUT2D eigenvalue weighted by Crippen LogP contribution is -2.54. The summed E-state index contributed by atoms with van der Waals surface area (Å²) in [5.74, 6) is -2.03. The molecular formula is C27H20Cl3N3O5. The van der Waals surface area contributed by atoms with Gasteiger partial charge in [-0.2, -0.15) is 0 Å². The molecule has 0 spiro atoms. The topological polar surface area (TPSA) is 105 Å². The first-order chi connectivity index (χ1) is 18.0. The van der Waals surface area contributed by atoms with Crippen LogP contribution in [0.3, 0.4) is 0 Å². The van der Waals surface area contributed by atoms with Crippen LogP contribution in [0.4, 0.5) is 16.2 Å². The molecule has 11 heteroatoms. The molecule has 0 radical (unpaired) electrons. The summed E-state index contributed by atoms with van der Waals surface area (Å²) in [6, 6.07) is 13.3. The third-order valence-electron chi connectivity index (χ3n) is 5.60. The molecule has 0 bridgehead atoms. The predicted molar refractivity (Wildman–Crippen MR) is 147 cm³/mol. The van der Waals surface area contributed by atoms with Gasteiger partial charge in [-0.05, 0) is 73.5 Å². The molecule has 2 N–H and O–H groups in total. The van der Waals surface area contributed by atoms with E-state index < -0.39 is 23.8 Å². The molecule has 4 rings (SSSR count). The number of carbonyl (C=O) groups is 4. The van der Waals surface area contributed by atoms with Crippen molar-refractivity contribution in [2.24, 2.45) is 0 Å². The molecule has 1 aliphatic heterocycles. The van der Waals surface area contributed by atoms with Crippen molar-refractivity contribution in [1.82, 2.24) is 5.32 Å². The minimum Gasteiger partial charge on any atom is -0.483 e. The Morgan fingerprint density at radius 1 is 0.947 bits per heavy atom. The Kier molecular flexibility index (Phi) is 8.06. The molecule has 1 fully saturated rings. The van der Waals surface area contributed by atoms with Crippen LogP contribution in [0.1, 0.15) is 16.7 Å². The Balaban J connectivity index is 1.58. The van der Waals surface area contributed by atoms with Gasteiger partial charge in [-0.15, -0.1) is 0 Å². The van der Waals surface area contributed by atoms with Gasteiger partial charge in [0.25, 0.3) is 17.7 Å². The normalized spacial score (nSPS) is 14.5. The molecule has 0 aliphatic carbocycles. The summed E-state index contributed by atoms with van der Waals surface area (Å²) in [7, 11) is 0. The SMILES string of the molecule is Cc1ccc(NC(=O)COc2ccc(Cl)cc2/C=C2\C(=O)NC(=O)N(c3ccc(C)c(Cl)c3)C2=O)cc1Cl. The minimum atomic E-state index is -0.910. The van der Waals surface area contributed by atoms with Crippen molar-refractivity contribution in [2.45, 2.75) is 13.8 Å². The number of hydrogen-bond donors (Lipinski definition) is 2. The van der Waals surface area contributed by atoms with Gasteiger partial charge in [-0.25, -0.2) is 9.69 Å². The van der Waals surface area contributed by atoms with E-state index in [-0.39, 0.29) is 29.2 Å². The van der Waals surface area contributed by atoms with E-state index in [1.54, 1.807) is 37.3 Å². The van der Waals surface area contributed by atoms with Crippen LogP contribution < -0.4 is 20.3 Å². The minimum absolute atomic E-state index is 0.182. The molecule has 1 saturated heterocycles. The summed E-state index contributed by atoms with van der Waals surface area (Å²) < 4.78 is 5.66. The van der Waals surface area contributed by atoms with Crippen molar-refractivity contribution in [3.63, 3.8) is 0 Å². The van der Waals surface area contributed by atoms with E-state index in [1.165, 1.54) is 30.3 Å². The quantitative estimate of drug-likeness (QED) is 0.281. The first kappa shape index (κ1) is 27.2. The summed E-state index contributed by atoms with van der Waals surface area (Å²) in [4.78, 5) is 51.6. The molecule has 3 aromatic carbocycles. The number of hydrogen-bond acceptors (Lipinski definition) is 5. The first-order valence-electron chi connectivity index (χ1n) is 11.2. The fraction of sp³-hybridized carbons (Fsp3) is 0.111. The first-order valence-corrected chi connectivity index (χ1v) is 12.3. The van der Waals surface area contributed by atoms with Gasteiger partial charge >= 0.3 is 6.03 Å². The zero-order valence-electron chi connectivity index (χ0n) is 20.1. The number of ether oxygens (including phenoxy) is 1. The fourth-order valence-corrected chi connectivity index (χ4v) is 4.08. The Labute approximate surface area is 233 Å². The highest BCUT2D eigenvalue weighted by atomic mass is 35.5. The number of nitrogens with one attached hydrogen (secondary N) is 2. The predicted octanol–water partition coefficient (Wildman–Crippen LogP) is 5.95. The number of barbiturate groups is 1. The highest BCUT2D eigenvalue weighted by Gasteiger charge is 2.37. The molecule has 1 aliphatic rings. The zero-order valence-corrected chi connectivity index (χ0v) is 22.4. The molecule has 38 heavy (non-hydrogen) atoms. The van der Waals surface area contributed by atoms with E-state index in [0.29, 0.717) is 20.8 Å². The van der Waals surface area contributed by atoms with E-state index >= 15 is 0 Å². The third-order valence-corrected chi connectivity index (χ3v) is 6.65. The second-order valence-electron chi connectivity index (χ2n) is 8.37. The molecule has 5 amide bonds. The van der Waals surface area contributed by atoms with Crippen molar-refractivity contribution in [3.05, 3.63) is 91.9 Å². The van der Waals surface area contributed by atoms with Crippen LogP contribution in [-0.4, -0.2) is 30.4 Å². The molecule has 8 nitrogen and oxygen atoms in total. The van der Waals surface area contributed by atoms with Gasteiger partial charge < -0.3 is 10.1 Å². The van der Waals surface area contributed by atoms with Gasteiger partial charge in [-0.1, -0.05) is 46.9 Å². The standard InChI is InChI=1S/C27H20Cl3N3O5/c1-14-3-6-18(11-21(14)29)31-24(34)13-38-23-8-5-17(28)9-16(23)10-20-25(35)32-27(37)33(26(20)36)19-7-4-15(2)22(30)12-19/h3-12H,13H2,1-2H3,(H,31,34)(H,32,35,37)/b20-10+. The Morgan fingerprint density at radius 2 is 1.63 bits per heavy atom. The molecular weight excluding hydrogens is 553 g/mol. The number of imide groups is 2. The van der Waals surface area contributed by atoms with Crippen LogP contribution in [0.2, 0.25) is 15.1 Å². The lowest BCUT2D eigenvalue weighted by Gasteiger charge is -2.26. The van der Waals surface area contributed by atoms with Crippen LogP contribution in [0.15, 0.2) is 60.2 Å². The maximum atomic E-state index is 13.2. The van der Waals surface area contributed by atoms with Gasteiger partial charge in [0.15, 0.2) is 6.61 Å². The van der Waals surface area contributed by atoms with E-state index in [0.717, 1.165) is 16.0 Å². The Morgan fingerprint density at radius 3 is 2.32 bits per heavy atom. The van der Waals surface area contributed by atoms with Crippen LogP contribution in [0.25, 0.3) is 6.08 Å². The van der Waals surface area contributed by atoms with Crippen molar-refractivity contribution >= 4 is 76.0 Å². The average Bonchev–Trinajstić information content (AvgIpc) is 2.85.